The van der Waals surface area contributed by atoms with E-state index in [1.807, 2.05) is 0 Å². The van der Waals surface area contributed by atoms with Crippen LogP contribution in [0.2, 0.25) is 0 Å². The Morgan fingerprint density at radius 3 is 2.71 bits per heavy atom. The molecule has 0 unspecified atom stereocenters. The molecule has 1 aromatic rings. The highest BCUT2D eigenvalue weighted by atomic mass is 16.5. The molecule has 14 heavy (non-hydrogen) atoms. The Morgan fingerprint density at radius 2 is 2.21 bits per heavy atom. The van der Waals surface area contributed by atoms with E-state index in [1.54, 1.807) is 0 Å². The van der Waals surface area contributed by atoms with Crippen molar-refractivity contribution in [1.82, 2.24) is 9.97 Å². The van der Waals surface area contributed by atoms with Crippen molar-refractivity contribution in [2.24, 2.45) is 5.73 Å². The van der Waals surface area contributed by atoms with Crippen LogP contribution in [0.15, 0.2) is 12.4 Å². The van der Waals surface area contributed by atoms with E-state index in [9.17, 15) is 4.79 Å². The molecule has 6 nitrogen and oxygen atoms in total. The molecule has 0 spiro atoms. The van der Waals surface area contributed by atoms with Crippen molar-refractivity contribution >= 4 is 11.9 Å². The number of nitrogens with zero attached hydrogens (tertiary/aromatic N) is 2. The fraction of sp³-hybridized carbons (Fsp3) is 0.375. The van der Waals surface area contributed by atoms with Crippen molar-refractivity contribution in [3.05, 3.63) is 18.0 Å². The maximum Gasteiger partial charge on any atom is 0.341 e. The Bertz CT molecular complexity index is 299. The molecule has 0 saturated heterocycles. The van der Waals surface area contributed by atoms with Crippen LogP contribution in [0.5, 0.6) is 0 Å². The summed E-state index contributed by atoms with van der Waals surface area (Å²) in [6.07, 6.45) is 2.80. The number of nitrogens with one attached hydrogen (secondary N) is 1. The Morgan fingerprint density at radius 1 is 1.57 bits per heavy atom. The van der Waals surface area contributed by atoms with Crippen LogP contribution in [-0.2, 0) is 4.74 Å². The van der Waals surface area contributed by atoms with Gasteiger partial charge in [0.2, 0.25) is 5.95 Å². The number of methoxy groups -OCH3 is 1. The van der Waals surface area contributed by atoms with Crippen LogP contribution in [0.1, 0.15) is 10.4 Å². The van der Waals surface area contributed by atoms with Crippen LogP contribution in [-0.4, -0.2) is 36.1 Å². The molecule has 3 N–H and O–H groups in total. The minimum absolute atomic E-state index is 0.325. The smallest absolute Gasteiger partial charge is 0.341 e. The Labute approximate surface area is 81.5 Å². The summed E-state index contributed by atoms with van der Waals surface area (Å²) in [5, 5.41) is 2.88. The van der Waals surface area contributed by atoms with Gasteiger partial charge in [0.25, 0.3) is 0 Å². The Hall–Kier alpha value is -1.69. The molecule has 0 radical (unpaired) electrons. The minimum atomic E-state index is -0.449. The van der Waals surface area contributed by atoms with Gasteiger partial charge in [-0.2, -0.15) is 0 Å². The third-order valence-corrected chi connectivity index (χ3v) is 1.50. The molecule has 1 rings (SSSR count). The zero-order chi connectivity index (χ0) is 10.4. The normalized spacial score (nSPS) is 9.57. The largest absolute Gasteiger partial charge is 0.465 e. The summed E-state index contributed by atoms with van der Waals surface area (Å²) >= 11 is 0. The van der Waals surface area contributed by atoms with E-state index < -0.39 is 5.97 Å². The highest BCUT2D eigenvalue weighted by Crippen LogP contribution is 2.00. The molecule has 0 fully saturated rings. The van der Waals surface area contributed by atoms with Gasteiger partial charge in [-0.05, 0) is 0 Å². The van der Waals surface area contributed by atoms with E-state index in [1.165, 1.54) is 19.5 Å². The first kappa shape index (κ1) is 10.4. The SMILES string of the molecule is COC(=O)c1cnc(NCCN)nc1. The second-order valence-corrected chi connectivity index (χ2v) is 2.50. The average Bonchev–Trinajstić information content (AvgIpc) is 2.26. The molecule has 0 amide bonds. The molecule has 0 aliphatic heterocycles. The van der Waals surface area contributed by atoms with Gasteiger partial charge >= 0.3 is 5.97 Å². The summed E-state index contributed by atoms with van der Waals surface area (Å²) in [4.78, 5) is 18.8. The quantitative estimate of drug-likeness (QED) is 0.639. The summed E-state index contributed by atoms with van der Waals surface area (Å²) in [5.41, 5.74) is 5.61. The van der Waals surface area contributed by atoms with Crippen LogP contribution in [0.3, 0.4) is 0 Å². The monoisotopic (exact) mass is 196 g/mol. The molecule has 76 valence electrons. The number of hydrogen-bond acceptors (Lipinski definition) is 6. The van der Waals surface area contributed by atoms with Gasteiger partial charge in [0, 0.05) is 25.5 Å². The number of carbonyl (C=O) groups excluding carboxylic acids is 1. The van der Waals surface area contributed by atoms with Crippen molar-refractivity contribution in [3.63, 3.8) is 0 Å². The van der Waals surface area contributed by atoms with Crippen LogP contribution >= 0.6 is 0 Å². The lowest BCUT2D eigenvalue weighted by atomic mass is 10.3. The molecule has 0 saturated carbocycles. The third-order valence-electron chi connectivity index (χ3n) is 1.50. The van der Waals surface area contributed by atoms with E-state index in [4.69, 9.17) is 5.73 Å². The van der Waals surface area contributed by atoms with Crippen molar-refractivity contribution < 1.29 is 9.53 Å². The molecule has 0 aromatic carbocycles. The topological polar surface area (TPSA) is 90.1 Å². The second kappa shape index (κ2) is 5.13. The number of aromatic nitrogens is 2. The zero-order valence-corrected chi connectivity index (χ0v) is 7.86. The number of ether oxygens (including phenoxy) is 1. The number of esters is 1. The number of rotatable bonds is 4. The van der Waals surface area contributed by atoms with Gasteiger partial charge in [0.1, 0.15) is 0 Å². The van der Waals surface area contributed by atoms with E-state index in [2.05, 4.69) is 20.0 Å². The summed E-state index contributed by atoms with van der Waals surface area (Å²) in [5.74, 6) is -0.00141. The standard InChI is InChI=1S/C8H12N4O2/c1-14-7(13)6-4-11-8(12-5-6)10-3-2-9/h4-5H,2-3,9H2,1H3,(H,10,11,12). The molecular weight excluding hydrogens is 184 g/mol. The lowest BCUT2D eigenvalue weighted by Crippen LogP contribution is -2.15. The lowest BCUT2D eigenvalue weighted by Gasteiger charge is -2.02. The molecule has 6 heteroatoms. The minimum Gasteiger partial charge on any atom is -0.465 e. The molecule has 1 heterocycles. The summed E-state index contributed by atoms with van der Waals surface area (Å²) < 4.78 is 4.50. The van der Waals surface area contributed by atoms with Crippen molar-refractivity contribution in [1.29, 1.82) is 0 Å². The fourth-order valence-electron chi connectivity index (χ4n) is 0.827. The van der Waals surface area contributed by atoms with Gasteiger partial charge < -0.3 is 15.8 Å². The van der Waals surface area contributed by atoms with Crippen LogP contribution in [0, 0.1) is 0 Å². The molecule has 0 atom stereocenters. The van der Waals surface area contributed by atoms with E-state index in [0.717, 1.165) is 0 Å². The second-order valence-electron chi connectivity index (χ2n) is 2.50. The molecule has 0 aliphatic carbocycles. The maximum atomic E-state index is 11.0. The van der Waals surface area contributed by atoms with Crippen molar-refractivity contribution in [2.75, 3.05) is 25.5 Å². The van der Waals surface area contributed by atoms with E-state index >= 15 is 0 Å². The van der Waals surface area contributed by atoms with Gasteiger partial charge in [-0.15, -0.1) is 0 Å². The summed E-state index contributed by atoms with van der Waals surface area (Å²) in [7, 11) is 1.31. The molecule has 0 bridgehead atoms. The van der Waals surface area contributed by atoms with Gasteiger partial charge in [0.05, 0.1) is 12.7 Å². The van der Waals surface area contributed by atoms with Crippen LogP contribution < -0.4 is 11.1 Å². The summed E-state index contributed by atoms with van der Waals surface area (Å²) in [6.45, 7) is 1.10. The van der Waals surface area contributed by atoms with Crippen LogP contribution in [0.25, 0.3) is 0 Å². The van der Waals surface area contributed by atoms with Gasteiger partial charge in [-0.3, -0.25) is 0 Å². The first-order valence-electron chi connectivity index (χ1n) is 4.12. The molecular formula is C8H12N4O2. The highest BCUT2D eigenvalue weighted by Gasteiger charge is 2.05. The van der Waals surface area contributed by atoms with E-state index in [-0.39, 0.29) is 0 Å². The van der Waals surface area contributed by atoms with E-state index in [0.29, 0.717) is 24.6 Å². The fourth-order valence-corrected chi connectivity index (χ4v) is 0.827. The van der Waals surface area contributed by atoms with Gasteiger partial charge in [-0.1, -0.05) is 0 Å². The molecule has 0 aliphatic rings. The third kappa shape index (κ3) is 2.67. The average molecular weight is 196 g/mol. The number of nitrogens with two attached hydrogens (primary N) is 1. The van der Waals surface area contributed by atoms with Crippen molar-refractivity contribution in [3.8, 4) is 0 Å². The van der Waals surface area contributed by atoms with Crippen molar-refractivity contribution in [2.45, 2.75) is 0 Å². The molecule has 1 aromatic heterocycles. The summed E-state index contributed by atoms with van der Waals surface area (Å²) in [6, 6.07) is 0. The highest BCUT2D eigenvalue weighted by molar-refractivity contribution is 5.88. The Kier molecular flexibility index (Phi) is 3.81. The predicted molar refractivity (Wildman–Crippen MR) is 50.9 cm³/mol. The van der Waals surface area contributed by atoms with Gasteiger partial charge in [-0.25, -0.2) is 14.8 Å². The predicted octanol–water partition coefficient (Wildman–Crippen LogP) is -0.366. The Balaban J connectivity index is 2.63. The van der Waals surface area contributed by atoms with Gasteiger partial charge in [0.15, 0.2) is 0 Å². The number of anilines is 1. The first-order valence-corrected chi connectivity index (χ1v) is 4.12. The van der Waals surface area contributed by atoms with Crippen LogP contribution in [0.4, 0.5) is 5.95 Å². The zero-order valence-electron chi connectivity index (χ0n) is 7.86. The number of carbonyl (C=O) groups is 1. The number of hydrogen-bond donors (Lipinski definition) is 2. The lowest BCUT2D eigenvalue weighted by molar-refractivity contribution is 0.0600. The first-order chi connectivity index (χ1) is 6.77. The maximum absolute atomic E-state index is 11.0.